The molecule has 1 aromatic carbocycles. The summed E-state index contributed by atoms with van der Waals surface area (Å²) in [4.78, 5) is 4.60. The molecule has 0 bridgehead atoms. The molecule has 1 aromatic rings. The standard InChI is InChI=1S/C15H21N3O/c1-3-13(12-16)17-8-10-18(11-9-17)14-6-4-5-7-15(14)19-2/h4-7,13H,3,8-11H2,1-2H3. The van der Waals surface area contributed by atoms with E-state index in [4.69, 9.17) is 10.00 Å². The SMILES string of the molecule is CCC(C#N)N1CCN(c2ccccc2OC)CC1. The summed E-state index contributed by atoms with van der Waals surface area (Å²) in [6.45, 7) is 5.83. The van der Waals surface area contributed by atoms with Gasteiger partial charge in [-0.05, 0) is 18.6 Å². The van der Waals surface area contributed by atoms with Gasteiger partial charge in [-0.15, -0.1) is 0 Å². The first-order chi connectivity index (χ1) is 9.30. The number of nitriles is 1. The lowest BCUT2D eigenvalue weighted by Gasteiger charge is -2.38. The van der Waals surface area contributed by atoms with Crippen molar-refractivity contribution in [2.75, 3.05) is 38.2 Å². The molecule has 4 heteroatoms. The first kappa shape index (κ1) is 13.7. The third-order valence-electron chi connectivity index (χ3n) is 3.72. The zero-order valence-corrected chi connectivity index (χ0v) is 11.7. The molecule has 0 aliphatic carbocycles. The van der Waals surface area contributed by atoms with Crippen molar-refractivity contribution in [3.63, 3.8) is 0 Å². The minimum Gasteiger partial charge on any atom is -0.495 e. The van der Waals surface area contributed by atoms with Gasteiger partial charge in [0.05, 0.1) is 24.9 Å². The molecule has 0 spiro atoms. The highest BCUT2D eigenvalue weighted by Crippen LogP contribution is 2.28. The van der Waals surface area contributed by atoms with Crippen LogP contribution >= 0.6 is 0 Å². The molecule has 102 valence electrons. The summed E-state index contributed by atoms with van der Waals surface area (Å²) in [5.41, 5.74) is 1.15. The predicted octanol–water partition coefficient (Wildman–Crippen LogP) is 2.12. The van der Waals surface area contributed by atoms with E-state index in [-0.39, 0.29) is 6.04 Å². The highest BCUT2D eigenvalue weighted by Gasteiger charge is 2.23. The number of anilines is 1. The van der Waals surface area contributed by atoms with Crippen LogP contribution in [0.4, 0.5) is 5.69 Å². The number of benzene rings is 1. The Morgan fingerprint density at radius 2 is 1.95 bits per heavy atom. The van der Waals surface area contributed by atoms with Gasteiger partial charge in [-0.3, -0.25) is 4.90 Å². The Balaban J connectivity index is 2.02. The topological polar surface area (TPSA) is 39.5 Å². The monoisotopic (exact) mass is 259 g/mol. The van der Waals surface area contributed by atoms with E-state index >= 15 is 0 Å². The summed E-state index contributed by atoms with van der Waals surface area (Å²) in [7, 11) is 1.71. The number of hydrogen-bond acceptors (Lipinski definition) is 4. The summed E-state index contributed by atoms with van der Waals surface area (Å²) < 4.78 is 5.41. The quantitative estimate of drug-likeness (QED) is 0.830. The van der Waals surface area contributed by atoms with Gasteiger partial charge >= 0.3 is 0 Å². The second-order valence-electron chi connectivity index (χ2n) is 4.75. The minimum absolute atomic E-state index is 0.0554. The first-order valence-corrected chi connectivity index (χ1v) is 6.81. The second-order valence-corrected chi connectivity index (χ2v) is 4.75. The van der Waals surface area contributed by atoms with Gasteiger partial charge in [-0.25, -0.2) is 0 Å². The Hall–Kier alpha value is -1.73. The third-order valence-corrected chi connectivity index (χ3v) is 3.72. The van der Waals surface area contributed by atoms with Crippen LogP contribution in [0.2, 0.25) is 0 Å². The van der Waals surface area contributed by atoms with Crippen molar-refractivity contribution >= 4 is 5.69 Å². The summed E-state index contributed by atoms with van der Waals surface area (Å²) in [6, 6.07) is 10.5. The number of ether oxygens (including phenoxy) is 1. The number of piperazine rings is 1. The van der Waals surface area contributed by atoms with Crippen molar-refractivity contribution < 1.29 is 4.74 Å². The molecule has 1 aliphatic rings. The molecule has 1 fully saturated rings. The summed E-state index contributed by atoms with van der Waals surface area (Å²) in [6.07, 6.45) is 0.894. The molecule has 0 radical (unpaired) electrons. The largest absolute Gasteiger partial charge is 0.495 e. The van der Waals surface area contributed by atoms with Crippen LogP contribution in [0.3, 0.4) is 0 Å². The smallest absolute Gasteiger partial charge is 0.142 e. The molecule has 1 saturated heterocycles. The molecule has 2 rings (SSSR count). The van der Waals surface area contributed by atoms with Crippen molar-refractivity contribution in [3.05, 3.63) is 24.3 Å². The Labute approximate surface area is 115 Å². The van der Waals surface area contributed by atoms with Crippen LogP contribution in [-0.2, 0) is 0 Å². The van der Waals surface area contributed by atoms with Gasteiger partial charge in [-0.1, -0.05) is 19.1 Å². The maximum absolute atomic E-state index is 9.12. The number of rotatable bonds is 4. The maximum atomic E-state index is 9.12. The molecule has 4 nitrogen and oxygen atoms in total. The van der Waals surface area contributed by atoms with E-state index in [1.165, 1.54) is 0 Å². The van der Waals surface area contributed by atoms with Crippen molar-refractivity contribution in [2.45, 2.75) is 19.4 Å². The lowest BCUT2D eigenvalue weighted by molar-refractivity contribution is 0.216. The van der Waals surface area contributed by atoms with E-state index < -0.39 is 0 Å². The van der Waals surface area contributed by atoms with E-state index in [1.54, 1.807) is 7.11 Å². The molecule has 1 aliphatic heterocycles. The van der Waals surface area contributed by atoms with Crippen LogP contribution < -0.4 is 9.64 Å². The molecular formula is C15H21N3O. The molecular weight excluding hydrogens is 238 g/mol. The van der Waals surface area contributed by atoms with E-state index in [0.717, 1.165) is 44.0 Å². The third kappa shape index (κ3) is 2.99. The maximum Gasteiger partial charge on any atom is 0.142 e. The van der Waals surface area contributed by atoms with Gasteiger partial charge in [0, 0.05) is 26.2 Å². The average Bonchev–Trinajstić information content (AvgIpc) is 2.49. The van der Waals surface area contributed by atoms with Gasteiger partial charge in [0.2, 0.25) is 0 Å². The molecule has 1 heterocycles. The van der Waals surface area contributed by atoms with Crippen LogP contribution in [0.1, 0.15) is 13.3 Å². The number of para-hydroxylation sites is 2. The Morgan fingerprint density at radius 1 is 1.26 bits per heavy atom. The van der Waals surface area contributed by atoms with E-state index in [0.29, 0.717) is 0 Å². The van der Waals surface area contributed by atoms with Crippen LogP contribution in [0.15, 0.2) is 24.3 Å². The molecule has 0 aromatic heterocycles. The zero-order chi connectivity index (χ0) is 13.7. The number of nitrogens with zero attached hydrogens (tertiary/aromatic N) is 3. The van der Waals surface area contributed by atoms with E-state index in [1.807, 2.05) is 18.2 Å². The molecule has 19 heavy (non-hydrogen) atoms. The fourth-order valence-electron chi connectivity index (χ4n) is 2.60. The molecule has 0 saturated carbocycles. The van der Waals surface area contributed by atoms with Crippen LogP contribution in [0.5, 0.6) is 5.75 Å². The average molecular weight is 259 g/mol. The minimum atomic E-state index is 0.0554. The van der Waals surface area contributed by atoms with Crippen LogP contribution in [-0.4, -0.2) is 44.2 Å². The van der Waals surface area contributed by atoms with Gasteiger partial charge in [0.25, 0.3) is 0 Å². The highest BCUT2D eigenvalue weighted by molar-refractivity contribution is 5.58. The van der Waals surface area contributed by atoms with Crippen molar-refractivity contribution in [1.82, 2.24) is 4.90 Å². The van der Waals surface area contributed by atoms with Gasteiger partial charge in [-0.2, -0.15) is 5.26 Å². The van der Waals surface area contributed by atoms with Crippen LogP contribution in [0.25, 0.3) is 0 Å². The van der Waals surface area contributed by atoms with Gasteiger partial charge in [0.1, 0.15) is 5.75 Å². The van der Waals surface area contributed by atoms with E-state index in [9.17, 15) is 0 Å². The van der Waals surface area contributed by atoms with Gasteiger partial charge < -0.3 is 9.64 Å². The van der Waals surface area contributed by atoms with E-state index in [2.05, 4.69) is 28.9 Å². The lowest BCUT2D eigenvalue weighted by atomic mass is 10.1. The summed E-state index contributed by atoms with van der Waals surface area (Å²) in [5, 5.41) is 9.12. The Kier molecular flexibility index (Phi) is 4.64. The first-order valence-electron chi connectivity index (χ1n) is 6.81. The van der Waals surface area contributed by atoms with Gasteiger partial charge in [0.15, 0.2) is 0 Å². The molecule has 1 unspecified atom stereocenters. The second kappa shape index (κ2) is 6.44. The molecule has 0 N–H and O–H groups in total. The summed E-state index contributed by atoms with van der Waals surface area (Å²) in [5.74, 6) is 0.920. The highest BCUT2D eigenvalue weighted by atomic mass is 16.5. The summed E-state index contributed by atoms with van der Waals surface area (Å²) >= 11 is 0. The molecule has 0 amide bonds. The Bertz CT molecular complexity index is 447. The zero-order valence-electron chi connectivity index (χ0n) is 11.7. The molecule has 1 atom stereocenters. The fourth-order valence-corrected chi connectivity index (χ4v) is 2.60. The lowest BCUT2D eigenvalue weighted by Crippen LogP contribution is -2.50. The Morgan fingerprint density at radius 3 is 2.53 bits per heavy atom. The van der Waals surface area contributed by atoms with Crippen LogP contribution in [0, 0.1) is 11.3 Å². The number of hydrogen-bond donors (Lipinski definition) is 0. The predicted molar refractivity (Wildman–Crippen MR) is 76.5 cm³/mol. The van der Waals surface area contributed by atoms with Crippen molar-refractivity contribution in [1.29, 1.82) is 5.26 Å². The normalized spacial score (nSPS) is 17.8. The fraction of sp³-hybridized carbons (Fsp3) is 0.533. The van der Waals surface area contributed by atoms with Crippen molar-refractivity contribution in [2.24, 2.45) is 0 Å². The van der Waals surface area contributed by atoms with Crippen molar-refractivity contribution in [3.8, 4) is 11.8 Å². The number of methoxy groups -OCH3 is 1.